The van der Waals surface area contributed by atoms with Gasteiger partial charge in [-0.1, -0.05) is 47.5 Å². The number of carbonyl (C=O) groups is 1. The maximum atomic E-state index is 12.1. The number of benzene rings is 1. The van der Waals surface area contributed by atoms with Crippen LogP contribution in [-0.4, -0.2) is 17.3 Å². The van der Waals surface area contributed by atoms with E-state index in [4.69, 9.17) is 0 Å². The monoisotopic (exact) mass is 325 g/mol. The molecule has 0 bridgehead atoms. The second-order valence-electron chi connectivity index (χ2n) is 4.24. The van der Waals surface area contributed by atoms with Crippen molar-refractivity contribution in [2.75, 3.05) is 6.54 Å². The van der Waals surface area contributed by atoms with Crippen molar-refractivity contribution in [3.8, 4) is 0 Å². The van der Waals surface area contributed by atoms with Crippen LogP contribution in [-0.2, 0) is 0 Å². The average molecular weight is 326 g/mol. The van der Waals surface area contributed by atoms with Gasteiger partial charge in [-0.25, -0.2) is 0 Å². The van der Waals surface area contributed by atoms with Crippen LogP contribution in [0.2, 0.25) is 0 Å². The Morgan fingerprint density at radius 2 is 2.22 bits per heavy atom. The highest BCUT2D eigenvalue weighted by Crippen LogP contribution is 2.25. The third kappa shape index (κ3) is 3.12. The van der Waals surface area contributed by atoms with E-state index in [2.05, 4.69) is 28.2 Å². The van der Waals surface area contributed by atoms with Crippen LogP contribution < -0.4 is 5.32 Å². The second kappa shape index (κ2) is 6.34. The summed E-state index contributed by atoms with van der Waals surface area (Å²) in [5.74, 6) is 0.0213. The summed E-state index contributed by atoms with van der Waals surface area (Å²) < 4.78 is 1.16. The lowest BCUT2D eigenvalue weighted by Gasteiger charge is -2.09. The molecule has 2 rings (SSSR count). The molecule has 1 atom stereocenters. The molecule has 1 heterocycles. The summed E-state index contributed by atoms with van der Waals surface area (Å²) in [5, 5.41) is 5.96. The molecule has 0 saturated carbocycles. The van der Waals surface area contributed by atoms with Crippen LogP contribution in [0.1, 0.15) is 30.1 Å². The molecule has 1 unspecified atom stereocenters. The van der Waals surface area contributed by atoms with Gasteiger partial charge in [0.1, 0.15) is 0 Å². The minimum Gasteiger partial charge on any atom is -0.351 e. The van der Waals surface area contributed by atoms with Crippen LogP contribution in [0.4, 0.5) is 0 Å². The van der Waals surface area contributed by atoms with Gasteiger partial charge in [-0.2, -0.15) is 0 Å². The molecule has 18 heavy (non-hydrogen) atoms. The molecule has 0 aliphatic heterocycles. The van der Waals surface area contributed by atoms with Crippen molar-refractivity contribution in [1.29, 1.82) is 0 Å². The third-order valence-electron chi connectivity index (χ3n) is 2.81. The molecule has 2 nitrogen and oxygen atoms in total. The van der Waals surface area contributed by atoms with Crippen LogP contribution in [0.25, 0.3) is 10.1 Å². The first kappa shape index (κ1) is 13.6. The van der Waals surface area contributed by atoms with Gasteiger partial charge < -0.3 is 5.32 Å². The maximum absolute atomic E-state index is 12.1. The van der Waals surface area contributed by atoms with Crippen LogP contribution >= 0.6 is 27.3 Å². The summed E-state index contributed by atoms with van der Waals surface area (Å²) in [5.41, 5.74) is 0.784. The summed E-state index contributed by atoms with van der Waals surface area (Å²) in [4.78, 5) is 12.5. The Balaban J connectivity index is 2.05. The molecular weight excluding hydrogens is 310 g/mol. The Bertz CT molecular complexity index is 537. The van der Waals surface area contributed by atoms with Crippen molar-refractivity contribution < 1.29 is 4.79 Å². The quantitative estimate of drug-likeness (QED) is 0.820. The Hall–Kier alpha value is -0.870. The molecule has 0 saturated heterocycles. The lowest BCUT2D eigenvalue weighted by atomic mass is 10.1. The Kier molecular flexibility index (Phi) is 4.78. The highest BCUT2D eigenvalue weighted by atomic mass is 79.9. The Morgan fingerprint density at radius 1 is 1.44 bits per heavy atom. The topological polar surface area (TPSA) is 29.1 Å². The molecule has 1 aromatic heterocycles. The van der Waals surface area contributed by atoms with Gasteiger partial charge in [0.15, 0.2) is 0 Å². The smallest absolute Gasteiger partial charge is 0.252 e. The average Bonchev–Trinajstić information content (AvgIpc) is 2.80. The lowest BCUT2D eigenvalue weighted by Crippen LogP contribution is -2.29. The van der Waals surface area contributed by atoms with Gasteiger partial charge in [-0.3, -0.25) is 4.79 Å². The summed E-state index contributed by atoms with van der Waals surface area (Å²) in [6, 6.07) is 8.01. The first-order chi connectivity index (χ1) is 8.72. The molecule has 4 heteroatoms. The SMILES string of the molecule is CCCC(Br)CNC(=O)c1csc2ccccc12. The van der Waals surface area contributed by atoms with E-state index in [1.54, 1.807) is 11.3 Å². The van der Waals surface area contributed by atoms with Crippen LogP contribution in [0.3, 0.4) is 0 Å². The second-order valence-corrected chi connectivity index (χ2v) is 6.45. The number of rotatable bonds is 5. The van der Waals surface area contributed by atoms with Gasteiger partial charge in [0.05, 0.1) is 5.56 Å². The zero-order valence-electron chi connectivity index (χ0n) is 10.3. The first-order valence-electron chi connectivity index (χ1n) is 6.11. The molecule has 1 amide bonds. The van der Waals surface area contributed by atoms with Crippen molar-refractivity contribution in [2.45, 2.75) is 24.6 Å². The zero-order chi connectivity index (χ0) is 13.0. The van der Waals surface area contributed by atoms with E-state index < -0.39 is 0 Å². The largest absolute Gasteiger partial charge is 0.351 e. The number of alkyl halides is 1. The van der Waals surface area contributed by atoms with Crippen molar-refractivity contribution in [2.24, 2.45) is 0 Å². The molecule has 0 aliphatic carbocycles. The van der Waals surface area contributed by atoms with E-state index >= 15 is 0 Å². The van der Waals surface area contributed by atoms with Crippen LogP contribution in [0, 0.1) is 0 Å². The molecule has 0 spiro atoms. The van der Waals surface area contributed by atoms with Crippen LogP contribution in [0.15, 0.2) is 29.6 Å². The summed E-state index contributed by atoms with van der Waals surface area (Å²) in [6.07, 6.45) is 2.19. The molecule has 1 aromatic carbocycles. The van der Waals surface area contributed by atoms with Crippen molar-refractivity contribution in [3.63, 3.8) is 0 Å². The van der Waals surface area contributed by atoms with Crippen molar-refractivity contribution in [1.82, 2.24) is 5.32 Å². The van der Waals surface area contributed by atoms with E-state index in [-0.39, 0.29) is 5.91 Å². The minimum absolute atomic E-state index is 0.0213. The predicted molar refractivity (Wildman–Crippen MR) is 81.8 cm³/mol. The fourth-order valence-electron chi connectivity index (χ4n) is 1.87. The highest BCUT2D eigenvalue weighted by Gasteiger charge is 2.12. The Morgan fingerprint density at radius 3 is 3.00 bits per heavy atom. The normalized spacial score (nSPS) is 12.6. The number of halogens is 1. The zero-order valence-corrected chi connectivity index (χ0v) is 12.7. The molecule has 96 valence electrons. The molecule has 2 aromatic rings. The molecule has 1 N–H and O–H groups in total. The van der Waals surface area contributed by atoms with E-state index in [0.29, 0.717) is 11.4 Å². The number of thiophene rings is 1. The van der Waals surface area contributed by atoms with Gasteiger partial charge >= 0.3 is 0 Å². The Labute approximate surface area is 120 Å². The van der Waals surface area contributed by atoms with Crippen molar-refractivity contribution in [3.05, 3.63) is 35.2 Å². The van der Waals surface area contributed by atoms with Gasteiger partial charge in [-0.15, -0.1) is 11.3 Å². The minimum atomic E-state index is 0.0213. The molecule has 0 radical (unpaired) electrons. The lowest BCUT2D eigenvalue weighted by molar-refractivity contribution is 0.0955. The van der Waals surface area contributed by atoms with Gasteiger partial charge in [-0.05, 0) is 12.5 Å². The number of nitrogens with one attached hydrogen (secondary N) is 1. The number of hydrogen-bond donors (Lipinski definition) is 1. The summed E-state index contributed by atoms with van der Waals surface area (Å²) in [6.45, 7) is 2.82. The highest BCUT2D eigenvalue weighted by molar-refractivity contribution is 9.09. The maximum Gasteiger partial charge on any atom is 0.252 e. The third-order valence-corrected chi connectivity index (χ3v) is 4.56. The van der Waals surface area contributed by atoms with Gasteiger partial charge in [0.25, 0.3) is 5.91 Å². The van der Waals surface area contributed by atoms with E-state index in [1.165, 1.54) is 0 Å². The standard InChI is InChI=1S/C14H16BrNOS/c1-2-5-10(15)8-16-14(17)12-9-18-13-7-4-3-6-11(12)13/h3-4,6-7,9-10H,2,5,8H2,1H3,(H,16,17). The number of amides is 1. The van der Waals surface area contributed by atoms with Crippen molar-refractivity contribution >= 4 is 43.3 Å². The number of carbonyl (C=O) groups excluding carboxylic acids is 1. The van der Waals surface area contributed by atoms with E-state index in [9.17, 15) is 4.79 Å². The summed E-state index contributed by atoms with van der Waals surface area (Å²) >= 11 is 5.18. The summed E-state index contributed by atoms with van der Waals surface area (Å²) in [7, 11) is 0. The van der Waals surface area contributed by atoms with Gasteiger partial charge in [0.2, 0.25) is 0 Å². The molecule has 0 fully saturated rings. The fraction of sp³-hybridized carbons (Fsp3) is 0.357. The van der Waals surface area contributed by atoms with Crippen LogP contribution in [0.5, 0.6) is 0 Å². The van der Waals surface area contributed by atoms with E-state index in [0.717, 1.165) is 28.5 Å². The number of fused-ring (bicyclic) bond motifs is 1. The van der Waals surface area contributed by atoms with Gasteiger partial charge in [0, 0.05) is 26.8 Å². The molecular formula is C14H16BrNOS. The fourth-order valence-corrected chi connectivity index (χ4v) is 3.43. The number of hydrogen-bond acceptors (Lipinski definition) is 2. The molecule has 0 aliphatic rings. The first-order valence-corrected chi connectivity index (χ1v) is 7.90. The van der Waals surface area contributed by atoms with E-state index in [1.807, 2.05) is 29.6 Å². The predicted octanol–water partition coefficient (Wildman–Crippen LogP) is 4.19.